The van der Waals surface area contributed by atoms with E-state index >= 15 is 0 Å². The van der Waals surface area contributed by atoms with Gasteiger partial charge in [-0.25, -0.2) is 0 Å². The Morgan fingerprint density at radius 3 is 2.13 bits per heavy atom. The highest BCUT2D eigenvalue weighted by molar-refractivity contribution is 4.66. The van der Waals surface area contributed by atoms with Crippen molar-refractivity contribution in [2.75, 3.05) is 32.7 Å². The molecular weight excluding hydrogens is 188 g/mol. The van der Waals surface area contributed by atoms with Crippen molar-refractivity contribution >= 4 is 0 Å². The van der Waals surface area contributed by atoms with Crippen LogP contribution in [0.1, 0.15) is 33.1 Å². The Morgan fingerprint density at radius 1 is 1.27 bits per heavy atom. The molecule has 1 aliphatic rings. The molecule has 0 aromatic rings. The van der Waals surface area contributed by atoms with Crippen molar-refractivity contribution in [3.05, 3.63) is 0 Å². The lowest BCUT2D eigenvalue weighted by Gasteiger charge is -2.20. The van der Waals surface area contributed by atoms with E-state index in [2.05, 4.69) is 24.5 Å². The summed E-state index contributed by atoms with van der Waals surface area (Å²) >= 11 is 0. The van der Waals surface area contributed by atoms with Gasteiger partial charge in [-0.15, -0.1) is 0 Å². The number of rotatable bonds is 4. The minimum Gasteiger partial charge on any atom is -0.344 e. The van der Waals surface area contributed by atoms with Crippen LogP contribution < -0.4 is 22.5 Å². The van der Waals surface area contributed by atoms with Crippen molar-refractivity contribution in [3.8, 4) is 0 Å². The Morgan fingerprint density at radius 2 is 1.87 bits per heavy atom. The monoisotopic (exact) mass is 218 g/mol. The van der Waals surface area contributed by atoms with Gasteiger partial charge >= 0.3 is 0 Å². The molecule has 7 N–H and O–H groups in total. The average molecular weight is 218 g/mol. The van der Waals surface area contributed by atoms with E-state index in [0.29, 0.717) is 0 Å². The Kier molecular flexibility index (Phi) is 15.9. The molecule has 0 unspecified atom stereocenters. The summed E-state index contributed by atoms with van der Waals surface area (Å²) in [6.45, 7) is 9.56. The predicted molar refractivity (Wildman–Crippen MR) is 68.5 cm³/mol. The lowest BCUT2D eigenvalue weighted by Crippen LogP contribution is -2.27. The first kappa shape index (κ1) is 17.2. The van der Waals surface area contributed by atoms with Gasteiger partial charge in [0.15, 0.2) is 0 Å². The molecule has 1 heterocycles. The summed E-state index contributed by atoms with van der Waals surface area (Å²) in [4.78, 5) is 0. The number of hydrogen-bond donors (Lipinski definition) is 4. The molecule has 1 aliphatic heterocycles. The molecular formula is C11H30N4. The van der Waals surface area contributed by atoms with Crippen molar-refractivity contribution in [1.82, 2.24) is 16.8 Å². The van der Waals surface area contributed by atoms with E-state index in [0.717, 1.165) is 25.6 Å². The van der Waals surface area contributed by atoms with Crippen LogP contribution in [-0.4, -0.2) is 32.7 Å². The molecule has 0 amide bonds. The van der Waals surface area contributed by atoms with Gasteiger partial charge in [0.1, 0.15) is 0 Å². The largest absolute Gasteiger partial charge is 0.344 e. The molecule has 0 aromatic heterocycles. The maximum atomic E-state index is 5.15. The summed E-state index contributed by atoms with van der Waals surface area (Å²) in [5.74, 6) is 1.02. The van der Waals surface area contributed by atoms with Gasteiger partial charge in [0.05, 0.1) is 0 Å². The first-order valence-corrected chi connectivity index (χ1v) is 5.96. The zero-order valence-corrected chi connectivity index (χ0v) is 10.5. The van der Waals surface area contributed by atoms with Crippen LogP contribution in [-0.2, 0) is 0 Å². The van der Waals surface area contributed by atoms with Gasteiger partial charge in [0, 0.05) is 13.1 Å². The third-order valence-electron chi connectivity index (χ3n) is 2.61. The average Bonchev–Trinajstić information content (AvgIpc) is 2.28. The molecule has 0 aliphatic carbocycles. The molecule has 1 fully saturated rings. The van der Waals surface area contributed by atoms with E-state index in [-0.39, 0.29) is 6.15 Å². The van der Waals surface area contributed by atoms with Crippen LogP contribution in [0.15, 0.2) is 0 Å². The van der Waals surface area contributed by atoms with Crippen LogP contribution in [0.25, 0.3) is 0 Å². The zero-order valence-electron chi connectivity index (χ0n) is 10.5. The van der Waals surface area contributed by atoms with Crippen molar-refractivity contribution in [3.63, 3.8) is 0 Å². The molecule has 1 saturated heterocycles. The fraction of sp³-hybridized carbons (Fsp3) is 1.00. The summed E-state index contributed by atoms with van der Waals surface area (Å²) in [5.41, 5.74) is 5.15. The first-order chi connectivity index (χ1) is 6.85. The van der Waals surface area contributed by atoms with Crippen LogP contribution in [0.5, 0.6) is 0 Å². The highest BCUT2D eigenvalue weighted by atomic mass is 14.9. The maximum absolute atomic E-state index is 5.15. The Bertz CT molecular complexity index is 98.8. The number of nitrogens with two attached hydrogens (primary N) is 1. The van der Waals surface area contributed by atoms with Gasteiger partial charge in [0.25, 0.3) is 0 Å². The van der Waals surface area contributed by atoms with Gasteiger partial charge in [-0.05, 0) is 38.4 Å². The van der Waals surface area contributed by atoms with Gasteiger partial charge < -0.3 is 22.5 Å². The van der Waals surface area contributed by atoms with E-state index in [4.69, 9.17) is 5.73 Å². The maximum Gasteiger partial charge on any atom is 0.00743 e. The second-order valence-electron chi connectivity index (χ2n) is 3.74. The third kappa shape index (κ3) is 11.8. The lowest BCUT2D eigenvalue weighted by molar-refractivity contribution is 0.365. The Balaban J connectivity index is 0. The van der Waals surface area contributed by atoms with Crippen LogP contribution >= 0.6 is 0 Å². The standard InChI is InChI=1S/C7H15N.C4H12N2.H3N/c1-2-7-3-5-8-6-4-7;1-2-6-4-3-5;/h7-8H,2-6H2,1H3;6H,2-5H2,1H3;1H3. The Hall–Kier alpha value is -0.160. The van der Waals surface area contributed by atoms with Gasteiger partial charge in [-0.2, -0.15) is 0 Å². The number of nitrogens with one attached hydrogen (secondary N) is 2. The molecule has 0 spiro atoms. The smallest absolute Gasteiger partial charge is 0.00743 e. The predicted octanol–water partition coefficient (Wildman–Crippen LogP) is 1.11. The molecule has 0 bridgehead atoms. The van der Waals surface area contributed by atoms with Crippen molar-refractivity contribution in [2.45, 2.75) is 33.1 Å². The second kappa shape index (κ2) is 13.8. The molecule has 4 nitrogen and oxygen atoms in total. The molecule has 94 valence electrons. The minimum atomic E-state index is 0. The topological polar surface area (TPSA) is 85.1 Å². The van der Waals surface area contributed by atoms with Gasteiger partial charge in [0.2, 0.25) is 0 Å². The molecule has 0 aromatic carbocycles. The van der Waals surface area contributed by atoms with Crippen LogP contribution in [0.4, 0.5) is 0 Å². The number of hydrogen-bond acceptors (Lipinski definition) is 4. The molecule has 15 heavy (non-hydrogen) atoms. The first-order valence-electron chi connectivity index (χ1n) is 5.96. The van der Waals surface area contributed by atoms with Gasteiger partial charge in [-0.3, -0.25) is 0 Å². The number of likely N-dealkylation sites (N-methyl/N-ethyl adjacent to an activating group) is 1. The quantitative estimate of drug-likeness (QED) is 0.533. The van der Waals surface area contributed by atoms with E-state index in [1.54, 1.807) is 0 Å². The van der Waals surface area contributed by atoms with Crippen LogP contribution in [0.3, 0.4) is 0 Å². The summed E-state index contributed by atoms with van der Waals surface area (Å²) < 4.78 is 0. The zero-order chi connectivity index (χ0) is 10.6. The van der Waals surface area contributed by atoms with Gasteiger partial charge in [-0.1, -0.05) is 20.3 Å². The summed E-state index contributed by atoms with van der Waals surface area (Å²) in [7, 11) is 0. The second-order valence-corrected chi connectivity index (χ2v) is 3.74. The minimum absolute atomic E-state index is 0. The highest BCUT2D eigenvalue weighted by Crippen LogP contribution is 2.13. The number of piperidine rings is 1. The van der Waals surface area contributed by atoms with Crippen molar-refractivity contribution < 1.29 is 0 Å². The molecule has 0 saturated carbocycles. The summed E-state index contributed by atoms with van der Waals surface area (Å²) in [5, 5.41) is 6.42. The summed E-state index contributed by atoms with van der Waals surface area (Å²) in [6.07, 6.45) is 4.18. The summed E-state index contributed by atoms with van der Waals surface area (Å²) in [6, 6.07) is 0. The van der Waals surface area contributed by atoms with E-state index in [1.165, 1.54) is 32.4 Å². The lowest BCUT2D eigenvalue weighted by atomic mass is 9.96. The fourth-order valence-corrected chi connectivity index (χ4v) is 1.57. The normalized spacial score (nSPS) is 16.2. The Labute approximate surface area is 95.0 Å². The van der Waals surface area contributed by atoms with Crippen molar-refractivity contribution in [1.29, 1.82) is 0 Å². The van der Waals surface area contributed by atoms with E-state index in [1.807, 2.05) is 0 Å². The van der Waals surface area contributed by atoms with Crippen molar-refractivity contribution in [2.24, 2.45) is 11.7 Å². The third-order valence-corrected chi connectivity index (χ3v) is 2.61. The molecule has 0 radical (unpaired) electrons. The van der Waals surface area contributed by atoms with Crippen LogP contribution in [0, 0.1) is 5.92 Å². The molecule has 0 atom stereocenters. The van der Waals surface area contributed by atoms with E-state index < -0.39 is 0 Å². The fourth-order valence-electron chi connectivity index (χ4n) is 1.57. The van der Waals surface area contributed by atoms with E-state index in [9.17, 15) is 0 Å². The SMILES string of the molecule is CCC1CCNCC1.CCNCCN.N. The van der Waals surface area contributed by atoms with Crippen LogP contribution in [0.2, 0.25) is 0 Å². The molecule has 1 rings (SSSR count). The molecule has 4 heteroatoms. The highest BCUT2D eigenvalue weighted by Gasteiger charge is 2.08.